The fourth-order valence-corrected chi connectivity index (χ4v) is 6.35. The lowest BCUT2D eigenvalue weighted by atomic mass is 9.88. The van der Waals surface area contributed by atoms with Gasteiger partial charge in [0.15, 0.2) is 5.03 Å². The van der Waals surface area contributed by atoms with E-state index in [1.54, 1.807) is 48.0 Å². The highest BCUT2D eigenvalue weighted by Crippen LogP contribution is 2.34. The maximum atomic E-state index is 14.6. The molecule has 10 nitrogen and oxygen atoms in total. The Balaban J connectivity index is 0.00000387. The van der Waals surface area contributed by atoms with Crippen molar-refractivity contribution in [2.45, 2.75) is 36.9 Å². The van der Waals surface area contributed by atoms with E-state index < -0.39 is 10.0 Å². The average Bonchev–Trinajstić information content (AvgIpc) is 3.56. The molecule has 1 saturated heterocycles. The Morgan fingerprint density at radius 3 is 2.61 bits per heavy atom. The van der Waals surface area contributed by atoms with Crippen LogP contribution in [0.15, 0.2) is 60.1 Å². The van der Waals surface area contributed by atoms with Gasteiger partial charge in [-0.05, 0) is 48.1 Å². The van der Waals surface area contributed by atoms with E-state index in [4.69, 9.17) is 10.5 Å². The summed E-state index contributed by atoms with van der Waals surface area (Å²) >= 11 is 0. The molecule has 3 heterocycles. The molecule has 220 valence electrons. The summed E-state index contributed by atoms with van der Waals surface area (Å²) in [5.41, 5.74) is 8.65. The average molecular weight is 605 g/mol. The van der Waals surface area contributed by atoms with E-state index in [9.17, 15) is 17.6 Å². The van der Waals surface area contributed by atoms with E-state index in [-0.39, 0.29) is 35.1 Å². The number of rotatable bonds is 9. The van der Waals surface area contributed by atoms with Crippen LogP contribution in [0.2, 0.25) is 0 Å². The highest BCUT2D eigenvalue weighted by atomic mass is 35.5. The number of likely N-dealkylation sites (tertiary alicyclic amines) is 1. The van der Waals surface area contributed by atoms with Crippen LogP contribution in [0.25, 0.3) is 10.9 Å². The Labute approximate surface area is 244 Å². The fraction of sp³-hybridized carbons (Fsp3) is 0.357. The van der Waals surface area contributed by atoms with Gasteiger partial charge in [-0.2, -0.15) is 8.42 Å². The molecule has 41 heavy (non-hydrogen) atoms. The zero-order valence-corrected chi connectivity index (χ0v) is 24.5. The molecule has 0 saturated carbocycles. The van der Waals surface area contributed by atoms with Gasteiger partial charge in [0.05, 0.1) is 29.7 Å². The molecule has 5 rings (SSSR count). The van der Waals surface area contributed by atoms with Crippen LogP contribution in [0.4, 0.5) is 10.1 Å². The number of ether oxygens (including phenoxy) is 1. The van der Waals surface area contributed by atoms with Crippen LogP contribution in [0, 0.1) is 5.82 Å². The summed E-state index contributed by atoms with van der Waals surface area (Å²) in [6, 6.07) is 10.2. The molecule has 0 unspecified atom stereocenters. The van der Waals surface area contributed by atoms with Crippen LogP contribution < -0.4 is 10.5 Å². The second kappa shape index (κ2) is 12.6. The molecule has 1 aliphatic rings. The first kappa shape index (κ1) is 30.5. The third-order valence-corrected chi connectivity index (χ3v) is 8.64. The van der Waals surface area contributed by atoms with Crippen molar-refractivity contribution in [3.05, 3.63) is 77.6 Å². The second-order valence-corrected chi connectivity index (χ2v) is 11.7. The quantitative estimate of drug-likeness (QED) is 0.299. The number of fused-ring (bicyclic) bond motifs is 1. The van der Waals surface area contributed by atoms with Gasteiger partial charge in [-0.15, -0.1) is 12.4 Å². The number of anilines is 1. The number of piperidine rings is 1. The second-order valence-electron chi connectivity index (χ2n) is 10.0. The summed E-state index contributed by atoms with van der Waals surface area (Å²) < 4.78 is 52.2. The number of hydrogen-bond donors (Lipinski definition) is 2. The predicted molar refractivity (Wildman–Crippen MR) is 157 cm³/mol. The maximum Gasteiger partial charge on any atom is 0.280 e. The van der Waals surface area contributed by atoms with Crippen LogP contribution in [0.5, 0.6) is 0 Å². The lowest BCUT2D eigenvalue weighted by molar-refractivity contribution is 0.0714. The zero-order valence-electron chi connectivity index (χ0n) is 22.9. The number of methoxy groups -OCH3 is 1. The molecule has 3 N–H and O–H groups in total. The molecule has 0 radical (unpaired) electrons. The minimum atomic E-state index is -3.99. The van der Waals surface area contributed by atoms with Crippen LogP contribution >= 0.6 is 12.4 Å². The Hall–Kier alpha value is -3.45. The van der Waals surface area contributed by atoms with Crippen molar-refractivity contribution < 1.29 is 22.3 Å². The molecule has 2 aromatic heterocycles. The van der Waals surface area contributed by atoms with Crippen molar-refractivity contribution in [3.8, 4) is 0 Å². The zero-order chi connectivity index (χ0) is 28.4. The van der Waals surface area contributed by atoms with Gasteiger partial charge in [-0.25, -0.2) is 9.37 Å². The molecule has 1 aliphatic heterocycles. The summed E-state index contributed by atoms with van der Waals surface area (Å²) in [7, 11) is -0.708. The normalized spacial score (nSPS) is 14.3. The van der Waals surface area contributed by atoms with Gasteiger partial charge >= 0.3 is 0 Å². The van der Waals surface area contributed by atoms with Gasteiger partial charge in [0.1, 0.15) is 5.82 Å². The van der Waals surface area contributed by atoms with E-state index in [0.29, 0.717) is 73.3 Å². The highest BCUT2D eigenvalue weighted by Gasteiger charge is 2.29. The van der Waals surface area contributed by atoms with Gasteiger partial charge in [0.25, 0.3) is 15.9 Å². The molecule has 2 aromatic carbocycles. The molecule has 0 aliphatic carbocycles. The third kappa shape index (κ3) is 6.25. The fourth-order valence-electron chi connectivity index (χ4n) is 5.30. The number of nitrogens with two attached hydrogens (primary N) is 1. The highest BCUT2D eigenvalue weighted by molar-refractivity contribution is 7.92. The maximum absolute atomic E-state index is 14.6. The lowest BCUT2D eigenvalue weighted by Gasteiger charge is -2.32. The van der Waals surface area contributed by atoms with E-state index in [0.717, 1.165) is 5.56 Å². The molecule has 13 heteroatoms. The number of nitrogens with zero attached hydrogens (tertiary/aromatic N) is 4. The topological polar surface area (TPSA) is 124 Å². The number of carbonyl (C=O) groups is 1. The van der Waals surface area contributed by atoms with E-state index in [2.05, 4.69) is 9.71 Å². The first-order chi connectivity index (χ1) is 19.2. The number of aryl methyl sites for hydroxylation is 1. The van der Waals surface area contributed by atoms with E-state index in [1.165, 1.54) is 18.6 Å². The SMILES string of the molecule is COCCn1cc(C(=O)N2CCC(c3cc(CN)ccc3F)CC2)c2c(NS(=O)(=O)c3cn(C)cn3)cccc21.Cl. The number of benzene rings is 2. The Morgan fingerprint density at radius 1 is 1.20 bits per heavy atom. The molecule has 4 aromatic rings. The molecule has 1 amide bonds. The van der Waals surface area contributed by atoms with Crippen LogP contribution in [-0.2, 0) is 34.9 Å². The minimum Gasteiger partial charge on any atom is -0.383 e. The Kier molecular flexibility index (Phi) is 9.37. The van der Waals surface area contributed by atoms with Gasteiger partial charge < -0.3 is 24.5 Å². The Morgan fingerprint density at radius 2 is 1.95 bits per heavy atom. The number of carbonyl (C=O) groups excluding carboxylic acids is 1. The number of sulfonamides is 1. The molecule has 0 atom stereocenters. The summed E-state index contributed by atoms with van der Waals surface area (Å²) in [4.78, 5) is 19.6. The van der Waals surface area contributed by atoms with Gasteiger partial charge in [-0.1, -0.05) is 18.2 Å². The smallest absolute Gasteiger partial charge is 0.280 e. The van der Waals surface area contributed by atoms with Crippen molar-refractivity contribution in [3.63, 3.8) is 0 Å². The van der Waals surface area contributed by atoms with Gasteiger partial charge in [0, 0.05) is 58.1 Å². The largest absolute Gasteiger partial charge is 0.383 e. The van der Waals surface area contributed by atoms with Gasteiger partial charge in [-0.3, -0.25) is 9.52 Å². The number of amides is 1. The monoisotopic (exact) mass is 604 g/mol. The van der Waals surface area contributed by atoms with Crippen molar-refractivity contribution in [2.24, 2.45) is 12.8 Å². The van der Waals surface area contributed by atoms with Crippen molar-refractivity contribution in [1.29, 1.82) is 0 Å². The van der Waals surface area contributed by atoms with Crippen molar-refractivity contribution in [1.82, 2.24) is 19.0 Å². The third-order valence-electron chi connectivity index (χ3n) is 7.39. The predicted octanol–water partition coefficient (Wildman–Crippen LogP) is 3.86. The van der Waals surface area contributed by atoms with Crippen LogP contribution in [-0.4, -0.2) is 60.1 Å². The van der Waals surface area contributed by atoms with E-state index >= 15 is 0 Å². The first-order valence-corrected chi connectivity index (χ1v) is 14.6. The minimum absolute atomic E-state index is 0. The molecule has 0 bridgehead atoms. The number of nitrogens with one attached hydrogen (secondary N) is 1. The number of imidazole rings is 1. The molecule has 1 fully saturated rings. The number of aromatic nitrogens is 3. The van der Waals surface area contributed by atoms with E-state index in [1.807, 2.05) is 16.7 Å². The van der Waals surface area contributed by atoms with Crippen molar-refractivity contribution in [2.75, 3.05) is 31.5 Å². The standard InChI is InChI=1S/C28H33FN6O4S.ClH/c1-33-17-26(31-18-33)40(37,38)32-24-4-3-5-25-27(24)22(16-35(25)12-13-39-2)28(36)34-10-8-20(9-11-34)21-14-19(15-30)6-7-23(21)29;/h3-7,14,16-18,20,32H,8-13,15,30H2,1-2H3;1H. The summed E-state index contributed by atoms with van der Waals surface area (Å²) in [5, 5.41) is 0.388. The summed E-state index contributed by atoms with van der Waals surface area (Å²) in [6.45, 7) is 2.13. The summed E-state index contributed by atoms with van der Waals surface area (Å²) in [6.07, 6.45) is 5.79. The number of hydrogen-bond acceptors (Lipinski definition) is 6. The first-order valence-electron chi connectivity index (χ1n) is 13.1. The summed E-state index contributed by atoms with van der Waals surface area (Å²) in [5.74, 6) is -0.479. The molecular weight excluding hydrogens is 571 g/mol. The molecule has 0 spiro atoms. The number of halogens is 2. The van der Waals surface area contributed by atoms with Crippen LogP contribution in [0.1, 0.15) is 40.2 Å². The van der Waals surface area contributed by atoms with Crippen molar-refractivity contribution >= 4 is 44.9 Å². The molecular formula is C28H34ClFN6O4S. The Bertz CT molecular complexity index is 1650. The lowest BCUT2D eigenvalue weighted by Crippen LogP contribution is -2.38. The van der Waals surface area contributed by atoms with Gasteiger partial charge in [0.2, 0.25) is 0 Å². The van der Waals surface area contributed by atoms with Crippen LogP contribution in [0.3, 0.4) is 0 Å².